The summed E-state index contributed by atoms with van der Waals surface area (Å²) in [6, 6.07) is 0.728. The van der Waals surface area contributed by atoms with Gasteiger partial charge in [0.15, 0.2) is 0 Å². The molecule has 0 aliphatic carbocycles. The van der Waals surface area contributed by atoms with E-state index in [0.29, 0.717) is 0 Å². The predicted octanol–water partition coefficient (Wildman–Crippen LogP) is 0.639. The van der Waals surface area contributed by atoms with Gasteiger partial charge in [-0.2, -0.15) is 0 Å². The van der Waals surface area contributed by atoms with E-state index in [2.05, 4.69) is 29.1 Å². The number of ether oxygens (including phenoxy) is 1. The molecule has 1 rings (SSSR count). The van der Waals surface area contributed by atoms with Gasteiger partial charge in [-0.1, -0.05) is 6.92 Å². The molecule has 4 heteroatoms. The average molecular weight is 243 g/mol. The zero-order chi connectivity index (χ0) is 12.5. The number of hydrogen-bond acceptors (Lipinski definition) is 4. The Labute approximate surface area is 106 Å². The quantitative estimate of drug-likeness (QED) is 0.664. The lowest BCUT2D eigenvalue weighted by Gasteiger charge is -2.30. The molecule has 4 nitrogen and oxygen atoms in total. The smallest absolute Gasteiger partial charge is 0.0587 e. The van der Waals surface area contributed by atoms with Gasteiger partial charge in [-0.25, -0.2) is 0 Å². The normalized spacial score (nSPS) is 23.8. The van der Waals surface area contributed by atoms with Crippen LogP contribution in [0.15, 0.2) is 0 Å². The molecule has 0 aromatic rings. The number of methoxy groups -OCH3 is 1. The van der Waals surface area contributed by atoms with E-state index in [-0.39, 0.29) is 0 Å². The lowest BCUT2D eigenvalue weighted by molar-refractivity contribution is 0.176. The van der Waals surface area contributed by atoms with Crippen molar-refractivity contribution in [2.75, 3.05) is 60.0 Å². The summed E-state index contributed by atoms with van der Waals surface area (Å²) in [4.78, 5) is 5.11. The van der Waals surface area contributed by atoms with E-state index in [1.54, 1.807) is 7.11 Å². The Balaban J connectivity index is 2.23. The number of rotatable bonds is 7. The second-order valence-corrected chi connectivity index (χ2v) is 4.96. The lowest BCUT2D eigenvalue weighted by Crippen LogP contribution is -2.43. The van der Waals surface area contributed by atoms with Crippen LogP contribution in [0.4, 0.5) is 0 Å². The molecular formula is C13H29N3O. The largest absolute Gasteiger partial charge is 0.383 e. The Morgan fingerprint density at radius 1 is 1.29 bits per heavy atom. The fourth-order valence-electron chi connectivity index (χ4n) is 2.50. The maximum absolute atomic E-state index is 5.03. The van der Waals surface area contributed by atoms with Gasteiger partial charge >= 0.3 is 0 Å². The molecule has 17 heavy (non-hydrogen) atoms. The maximum Gasteiger partial charge on any atom is 0.0587 e. The fraction of sp³-hybridized carbons (Fsp3) is 1.00. The molecule has 0 spiro atoms. The Bertz CT molecular complexity index is 190. The van der Waals surface area contributed by atoms with Gasteiger partial charge in [-0.05, 0) is 33.0 Å². The molecule has 0 saturated carbocycles. The second-order valence-electron chi connectivity index (χ2n) is 4.96. The first-order valence-electron chi connectivity index (χ1n) is 6.90. The average Bonchev–Trinajstić information content (AvgIpc) is 2.50. The highest BCUT2D eigenvalue weighted by atomic mass is 16.5. The zero-order valence-electron chi connectivity index (χ0n) is 11.7. The van der Waals surface area contributed by atoms with E-state index in [9.17, 15) is 0 Å². The summed E-state index contributed by atoms with van der Waals surface area (Å²) >= 11 is 0. The second kappa shape index (κ2) is 8.86. The lowest BCUT2D eigenvalue weighted by atomic mass is 10.2. The standard InChI is InChI=1S/C13H29N3O/c1-4-13-12-15(2)8-5-9-16(13)10-6-14-7-11-17-3/h13-14H,4-12H2,1-3H3. The van der Waals surface area contributed by atoms with Crippen molar-refractivity contribution < 1.29 is 4.74 Å². The van der Waals surface area contributed by atoms with E-state index in [4.69, 9.17) is 4.74 Å². The number of nitrogens with one attached hydrogen (secondary N) is 1. The Kier molecular flexibility index (Phi) is 7.77. The molecule has 1 unspecified atom stereocenters. The van der Waals surface area contributed by atoms with E-state index >= 15 is 0 Å². The van der Waals surface area contributed by atoms with Crippen molar-refractivity contribution in [3.8, 4) is 0 Å². The van der Waals surface area contributed by atoms with E-state index in [1.165, 1.54) is 32.5 Å². The zero-order valence-corrected chi connectivity index (χ0v) is 11.7. The molecular weight excluding hydrogens is 214 g/mol. The molecule has 1 aliphatic rings. The van der Waals surface area contributed by atoms with Gasteiger partial charge in [0.25, 0.3) is 0 Å². The van der Waals surface area contributed by atoms with Crippen LogP contribution in [0.5, 0.6) is 0 Å². The summed E-state index contributed by atoms with van der Waals surface area (Å²) in [5.74, 6) is 0. The SMILES string of the molecule is CCC1CN(C)CCCN1CCNCCOC. The van der Waals surface area contributed by atoms with E-state index in [0.717, 1.165) is 32.3 Å². The summed E-state index contributed by atoms with van der Waals surface area (Å²) in [5.41, 5.74) is 0. The van der Waals surface area contributed by atoms with Gasteiger partial charge in [0.05, 0.1) is 6.61 Å². The molecule has 102 valence electrons. The van der Waals surface area contributed by atoms with Crippen molar-refractivity contribution in [1.82, 2.24) is 15.1 Å². The van der Waals surface area contributed by atoms with E-state index in [1.807, 2.05) is 0 Å². The molecule has 1 heterocycles. The van der Waals surface area contributed by atoms with E-state index < -0.39 is 0 Å². The molecule has 0 aromatic heterocycles. The van der Waals surface area contributed by atoms with Crippen LogP contribution >= 0.6 is 0 Å². The summed E-state index contributed by atoms with van der Waals surface area (Å²) in [6.07, 6.45) is 2.55. The highest BCUT2D eigenvalue weighted by molar-refractivity contribution is 4.78. The third kappa shape index (κ3) is 5.82. The number of nitrogens with zero attached hydrogens (tertiary/aromatic N) is 2. The Morgan fingerprint density at radius 2 is 2.12 bits per heavy atom. The van der Waals surface area contributed by atoms with Crippen molar-refractivity contribution in [3.05, 3.63) is 0 Å². The highest BCUT2D eigenvalue weighted by Crippen LogP contribution is 2.10. The van der Waals surface area contributed by atoms with Gasteiger partial charge in [-0.15, -0.1) is 0 Å². The van der Waals surface area contributed by atoms with Crippen molar-refractivity contribution in [3.63, 3.8) is 0 Å². The topological polar surface area (TPSA) is 27.7 Å². The molecule has 0 aromatic carbocycles. The number of likely N-dealkylation sites (N-methyl/N-ethyl adjacent to an activating group) is 1. The molecule has 1 fully saturated rings. The first-order valence-corrected chi connectivity index (χ1v) is 6.90. The number of hydrogen-bond donors (Lipinski definition) is 1. The van der Waals surface area contributed by atoms with Gasteiger partial charge in [0.2, 0.25) is 0 Å². The van der Waals surface area contributed by atoms with Crippen molar-refractivity contribution in [2.24, 2.45) is 0 Å². The third-order valence-corrected chi connectivity index (χ3v) is 3.55. The first-order chi connectivity index (χ1) is 8.27. The summed E-state index contributed by atoms with van der Waals surface area (Å²) < 4.78 is 5.03. The van der Waals surface area contributed by atoms with Crippen LogP contribution in [0.2, 0.25) is 0 Å². The van der Waals surface area contributed by atoms with Crippen molar-refractivity contribution in [2.45, 2.75) is 25.8 Å². The molecule has 1 aliphatic heterocycles. The minimum absolute atomic E-state index is 0.728. The van der Waals surface area contributed by atoms with Gasteiger partial charge in [0, 0.05) is 39.3 Å². The van der Waals surface area contributed by atoms with Crippen LogP contribution in [-0.4, -0.2) is 75.9 Å². The predicted molar refractivity (Wildman–Crippen MR) is 72.5 cm³/mol. The Hall–Kier alpha value is -0.160. The first kappa shape index (κ1) is 14.9. The minimum Gasteiger partial charge on any atom is -0.383 e. The minimum atomic E-state index is 0.728. The van der Waals surface area contributed by atoms with Crippen molar-refractivity contribution >= 4 is 0 Å². The monoisotopic (exact) mass is 243 g/mol. The van der Waals surface area contributed by atoms with Crippen LogP contribution in [0.3, 0.4) is 0 Å². The van der Waals surface area contributed by atoms with Crippen LogP contribution < -0.4 is 5.32 Å². The molecule has 0 bridgehead atoms. The van der Waals surface area contributed by atoms with Gasteiger partial charge < -0.3 is 15.0 Å². The van der Waals surface area contributed by atoms with Gasteiger partial charge in [0.1, 0.15) is 0 Å². The maximum atomic E-state index is 5.03. The van der Waals surface area contributed by atoms with Crippen molar-refractivity contribution in [1.29, 1.82) is 0 Å². The summed E-state index contributed by atoms with van der Waals surface area (Å²) in [5, 5.41) is 3.43. The van der Waals surface area contributed by atoms with Crippen LogP contribution in [0.25, 0.3) is 0 Å². The third-order valence-electron chi connectivity index (χ3n) is 3.55. The molecule has 0 radical (unpaired) electrons. The molecule has 1 atom stereocenters. The fourth-order valence-corrected chi connectivity index (χ4v) is 2.50. The van der Waals surface area contributed by atoms with Crippen LogP contribution in [-0.2, 0) is 4.74 Å². The summed E-state index contributed by atoms with van der Waals surface area (Å²) in [7, 11) is 3.99. The van der Waals surface area contributed by atoms with Gasteiger partial charge in [-0.3, -0.25) is 4.90 Å². The Morgan fingerprint density at radius 3 is 2.82 bits per heavy atom. The summed E-state index contributed by atoms with van der Waals surface area (Å²) in [6.45, 7) is 10.0. The van der Waals surface area contributed by atoms with Crippen LogP contribution in [0, 0.1) is 0 Å². The highest BCUT2D eigenvalue weighted by Gasteiger charge is 2.20. The molecule has 1 saturated heterocycles. The molecule has 0 amide bonds. The molecule has 1 N–H and O–H groups in total. The van der Waals surface area contributed by atoms with Crippen LogP contribution in [0.1, 0.15) is 19.8 Å².